The number of halogens is 5. The van der Waals surface area contributed by atoms with Gasteiger partial charge in [0.1, 0.15) is 17.5 Å². The Balaban J connectivity index is 0.000000203. The van der Waals surface area contributed by atoms with Crippen LogP contribution in [0.4, 0.5) is 41.9 Å². The van der Waals surface area contributed by atoms with Gasteiger partial charge in [-0.1, -0.05) is 23.2 Å². The second-order valence-electron chi connectivity index (χ2n) is 7.21. The molecule has 0 aliphatic heterocycles. The lowest BCUT2D eigenvalue weighted by Gasteiger charge is -2.11. The fourth-order valence-electron chi connectivity index (χ4n) is 2.63. The molecule has 5 aromatic rings. The Bertz CT molecular complexity index is 1310. The highest BCUT2D eigenvalue weighted by Gasteiger charge is 2.06. The molecule has 194 valence electrons. The van der Waals surface area contributed by atoms with Crippen LogP contribution in [0.25, 0.3) is 0 Å². The zero-order valence-electron chi connectivity index (χ0n) is 19.5. The molecule has 0 unspecified atom stereocenters. The standard InChI is InChI=1S/C16H12F2N4.C6H6FN.C4H2Cl2N2/c17-11-1-5-13(6-2-11)21-15-16(20-10-9-19-15)22-14-7-3-12(18)4-8-14;7-5-1-3-6(8)4-2-5;5-3-4(6)8-2-1-7-3/h1-10H,(H,19,21)(H,20,22);1-4H,8H2;1-2H. The summed E-state index contributed by atoms with van der Waals surface area (Å²) >= 11 is 10.8. The Morgan fingerprint density at radius 1 is 0.500 bits per heavy atom. The molecule has 4 N–H and O–H groups in total. The molecule has 0 saturated heterocycles. The van der Waals surface area contributed by atoms with E-state index in [1.807, 2.05) is 0 Å². The minimum absolute atomic E-state index is 0.245. The molecular formula is C26H20Cl2F3N7. The number of nitrogen functional groups attached to an aromatic ring is 1. The number of nitrogens with two attached hydrogens (primary N) is 1. The lowest BCUT2D eigenvalue weighted by atomic mass is 10.3. The van der Waals surface area contributed by atoms with Crippen LogP contribution in [0, 0.1) is 17.5 Å². The van der Waals surface area contributed by atoms with Gasteiger partial charge < -0.3 is 16.4 Å². The van der Waals surface area contributed by atoms with E-state index in [0.717, 1.165) is 0 Å². The van der Waals surface area contributed by atoms with Gasteiger partial charge in [0.15, 0.2) is 21.9 Å². The second-order valence-corrected chi connectivity index (χ2v) is 7.92. The summed E-state index contributed by atoms with van der Waals surface area (Å²) in [7, 11) is 0. The van der Waals surface area contributed by atoms with E-state index in [1.165, 1.54) is 60.9 Å². The van der Waals surface area contributed by atoms with Crippen LogP contribution in [0.3, 0.4) is 0 Å². The van der Waals surface area contributed by atoms with Gasteiger partial charge in [-0.15, -0.1) is 0 Å². The molecule has 0 spiro atoms. The van der Waals surface area contributed by atoms with Crippen molar-refractivity contribution in [2.75, 3.05) is 16.4 Å². The molecule has 5 rings (SSSR count). The minimum Gasteiger partial charge on any atom is -0.399 e. The average molecular weight is 558 g/mol. The van der Waals surface area contributed by atoms with Crippen LogP contribution in [-0.2, 0) is 0 Å². The molecule has 3 aromatic carbocycles. The van der Waals surface area contributed by atoms with Crippen LogP contribution in [0.15, 0.2) is 97.6 Å². The van der Waals surface area contributed by atoms with Gasteiger partial charge in [-0.3, -0.25) is 0 Å². The summed E-state index contributed by atoms with van der Waals surface area (Å²) in [6, 6.07) is 17.5. The Morgan fingerprint density at radius 2 is 0.816 bits per heavy atom. The van der Waals surface area contributed by atoms with E-state index in [-0.39, 0.29) is 27.8 Å². The van der Waals surface area contributed by atoms with Crippen molar-refractivity contribution in [3.8, 4) is 0 Å². The largest absolute Gasteiger partial charge is 0.399 e. The Kier molecular flexibility index (Phi) is 10.6. The van der Waals surface area contributed by atoms with Gasteiger partial charge in [0.05, 0.1) is 0 Å². The van der Waals surface area contributed by atoms with Crippen molar-refractivity contribution >= 4 is 51.9 Å². The zero-order chi connectivity index (χ0) is 27.3. The van der Waals surface area contributed by atoms with Crippen LogP contribution in [-0.4, -0.2) is 19.9 Å². The van der Waals surface area contributed by atoms with Crippen molar-refractivity contribution in [1.29, 1.82) is 0 Å². The van der Waals surface area contributed by atoms with Gasteiger partial charge in [0, 0.05) is 41.8 Å². The Hall–Kier alpha value is -4.41. The van der Waals surface area contributed by atoms with Crippen molar-refractivity contribution in [3.05, 3.63) is 125 Å². The highest BCUT2D eigenvalue weighted by atomic mass is 35.5. The molecule has 0 bridgehead atoms. The third-order valence-electron chi connectivity index (χ3n) is 4.39. The highest BCUT2D eigenvalue weighted by Crippen LogP contribution is 2.24. The lowest BCUT2D eigenvalue weighted by molar-refractivity contribution is 0.627. The van der Waals surface area contributed by atoms with E-state index < -0.39 is 0 Å². The Morgan fingerprint density at radius 3 is 1.13 bits per heavy atom. The topological polar surface area (TPSA) is 102 Å². The van der Waals surface area contributed by atoms with Gasteiger partial charge >= 0.3 is 0 Å². The molecule has 38 heavy (non-hydrogen) atoms. The number of anilines is 5. The molecule has 0 aliphatic rings. The normalized spacial score (nSPS) is 9.82. The second kappa shape index (κ2) is 14.4. The number of aromatic nitrogens is 4. The van der Waals surface area contributed by atoms with E-state index in [9.17, 15) is 13.2 Å². The molecule has 0 atom stereocenters. The SMILES string of the molecule is Clc1nccnc1Cl.Fc1ccc(Nc2nccnc2Nc2ccc(F)cc2)cc1.Nc1ccc(F)cc1. The molecule has 12 heteroatoms. The molecule has 7 nitrogen and oxygen atoms in total. The van der Waals surface area contributed by atoms with Crippen LogP contribution >= 0.6 is 23.2 Å². The first-order valence-electron chi connectivity index (χ1n) is 10.8. The molecule has 2 heterocycles. The monoisotopic (exact) mass is 557 g/mol. The first-order valence-corrected chi connectivity index (χ1v) is 11.5. The van der Waals surface area contributed by atoms with Gasteiger partial charge in [-0.05, 0) is 72.8 Å². The molecule has 2 aromatic heterocycles. The van der Waals surface area contributed by atoms with Crippen LogP contribution in [0.2, 0.25) is 10.3 Å². The average Bonchev–Trinajstić information content (AvgIpc) is 2.92. The summed E-state index contributed by atoms with van der Waals surface area (Å²) < 4.78 is 37.9. The smallest absolute Gasteiger partial charge is 0.173 e. The maximum atomic E-state index is 12.9. The van der Waals surface area contributed by atoms with Crippen molar-refractivity contribution in [2.45, 2.75) is 0 Å². The van der Waals surface area contributed by atoms with Crippen molar-refractivity contribution < 1.29 is 13.2 Å². The quantitative estimate of drug-likeness (QED) is 0.197. The Labute approximate surface area is 226 Å². The molecule has 0 amide bonds. The maximum absolute atomic E-state index is 12.9. The van der Waals surface area contributed by atoms with Gasteiger partial charge in [-0.25, -0.2) is 33.1 Å². The van der Waals surface area contributed by atoms with Gasteiger partial charge in [-0.2, -0.15) is 0 Å². The first kappa shape index (κ1) is 28.2. The number of rotatable bonds is 4. The zero-order valence-corrected chi connectivity index (χ0v) is 21.0. The molecule has 0 radical (unpaired) electrons. The van der Waals surface area contributed by atoms with E-state index in [4.69, 9.17) is 28.9 Å². The lowest BCUT2D eigenvalue weighted by Crippen LogP contribution is -2.02. The molecular weight excluding hydrogens is 538 g/mol. The van der Waals surface area contributed by atoms with E-state index >= 15 is 0 Å². The van der Waals surface area contributed by atoms with Gasteiger partial charge in [0.25, 0.3) is 0 Å². The van der Waals surface area contributed by atoms with Crippen molar-refractivity contribution in [1.82, 2.24) is 19.9 Å². The third kappa shape index (κ3) is 9.57. The van der Waals surface area contributed by atoms with E-state index in [2.05, 4.69) is 30.6 Å². The molecule has 0 aliphatic carbocycles. The predicted molar refractivity (Wildman–Crippen MR) is 144 cm³/mol. The number of hydrogen-bond acceptors (Lipinski definition) is 7. The van der Waals surface area contributed by atoms with Gasteiger partial charge in [0.2, 0.25) is 0 Å². The van der Waals surface area contributed by atoms with Crippen LogP contribution in [0.1, 0.15) is 0 Å². The number of nitrogens with zero attached hydrogens (tertiary/aromatic N) is 4. The summed E-state index contributed by atoms with van der Waals surface area (Å²) in [5, 5.41) is 6.60. The highest BCUT2D eigenvalue weighted by molar-refractivity contribution is 6.40. The first-order chi connectivity index (χ1) is 18.3. The summed E-state index contributed by atoms with van der Waals surface area (Å²) in [4.78, 5) is 15.7. The molecule has 0 saturated carbocycles. The summed E-state index contributed by atoms with van der Waals surface area (Å²) in [5.41, 5.74) is 7.22. The number of benzene rings is 3. The van der Waals surface area contributed by atoms with Crippen LogP contribution in [0.5, 0.6) is 0 Å². The van der Waals surface area contributed by atoms with E-state index in [0.29, 0.717) is 28.7 Å². The summed E-state index contributed by atoms with van der Waals surface area (Å²) in [6.07, 6.45) is 6.05. The van der Waals surface area contributed by atoms with Crippen molar-refractivity contribution in [2.24, 2.45) is 0 Å². The minimum atomic E-state index is -0.311. The number of hydrogen-bond donors (Lipinski definition) is 3. The van der Waals surface area contributed by atoms with Crippen molar-refractivity contribution in [3.63, 3.8) is 0 Å². The number of nitrogens with one attached hydrogen (secondary N) is 2. The fourth-order valence-corrected chi connectivity index (χ4v) is 2.84. The fraction of sp³-hybridized carbons (Fsp3) is 0. The van der Waals surface area contributed by atoms with Crippen LogP contribution < -0.4 is 16.4 Å². The third-order valence-corrected chi connectivity index (χ3v) is 5.04. The summed E-state index contributed by atoms with van der Waals surface area (Å²) in [6.45, 7) is 0. The van der Waals surface area contributed by atoms with E-state index in [1.54, 1.807) is 36.7 Å². The predicted octanol–water partition coefficient (Wildman–Crippen LogP) is 7.43. The maximum Gasteiger partial charge on any atom is 0.173 e. The molecule has 0 fully saturated rings. The summed E-state index contributed by atoms with van der Waals surface area (Å²) in [5.74, 6) is 0.0970.